The van der Waals surface area contributed by atoms with Crippen molar-refractivity contribution in [3.05, 3.63) is 0 Å². The smallest absolute Gasteiger partial charge is 0.241 e. The third-order valence-corrected chi connectivity index (χ3v) is 5.00. The fraction of sp³-hybridized carbons (Fsp3) is 0.941. The number of carbonyl (C=O) groups excluding carboxylic acids is 1. The van der Waals surface area contributed by atoms with Gasteiger partial charge in [0.15, 0.2) is 0 Å². The van der Waals surface area contributed by atoms with Crippen LogP contribution < -0.4 is 5.32 Å². The van der Waals surface area contributed by atoms with Crippen molar-refractivity contribution < 1.29 is 9.53 Å². The van der Waals surface area contributed by atoms with Gasteiger partial charge in [-0.05, 0) is 43.9 Å². The van der Waals surface area contributed by atoms with E-state index >= 15 is 0 Å². The lowest BCUT2D eigenvalue weighted by Gasteiger charge is -2.29. The fourth-order valence-corrected chi connectivity index (χ4v) is 3.76. The summed E-state index contributed by atoms with van der Waals surface area (Å²) in [7, 11) is 1.75. The second kappa shape index (κ2) is 8.14. The van der Waals surface area contributed by atoms with Gasteiger partial charge in [-0.2, -0.15) is 0 Å². The van der Waals surface area contributed by atoms with Crippen LogP contribution in [0.1, 0.15) is 58.8 Å². The van der Waals surface area contributed by atoms with Gasteiger partial charge in [-0.15, -0.1) is 0 Å². The molecule has 2 fully saturated rings. The lowest BCUT2D eigenvalue weighted by Crippen LogP contribution is -2.43. The van der Waals surface area contributed by atoms with Gasteiger partial charge in [0.05, 0.1) is 12.2 Å². The van der Waals surface area contributed by atoms with Crippen LogP contribution in [0.15, 0.2) is 0 Å². The Hall–Kier alpha value is -0.610. The first kappa shape index (κ1) is 16.8. The van der Waals surface area contributed by atoms with Crippen molar-refractivity contribution in [2.45, 2.75) is 71.0 Å². The number of unbranched alkanes of at least 4 members (excludes halogenated alkanes) is 2. The summed E-state index contributed by atoms with van der Waals surface area (Å²) in [5, 5.41) is 3.64. The highest BCUT2D eigenvalue weighted by atomic mass is 16.5. The summed E-state index contributed by atoms with van der Waals surface area (Å²) in [5.74, 6) is 1.37. The second-order valence-electron chi connectivity index (χ2n) is 6.96. The van der Waals surface area contributed by atoms with E-state index in [0.717, 1.165) is 32.4 Å². The molecule has 1 aliphatic carbocycles. The van der Waals surface area contributed by atoms with Crippen LogP contribution in [0.4, 0.5) is 0 Å². The van der Waals surface area contributed by atoms with Gasteiger partial charge in [-0.25, -0.2) is 0 Å². The van der Waals surface area contributed by atoms with Crippen molar-refractivity contribution in [3.63, 3.8) is 0 Å². The molecule has 0 spiro atoms. The van der Waals surface area contributed by atoms with E-state index in [9.17, 15) is 4.79 Å². The number of ether oxygens (including phenoxy) is 1. The Balaban J connectivity index is 1.90. The highest BCUT2D eigenvalue weighted by Crippen LogP contribution is 2.33. The molecule has 2 rings (SSSR count). The molecular formula is C17H32N2O2. The van der Waals surface area contributed by atoms with Crippen LogP contribution in [0, 0.1) is 11.8 Å². The topological polar surface area (TPSA) is 41.6 Å². The molecule has 0 bridgehead atoms. The average molecular weight is 296 g/mol. The first-order valence-electron chi connectivity index (χ1n) is 8.70. The second-order valence-corrected chi connectivity index (χ2v) is 6.96. The van der Waals surface area contributed by atoms with Gasteiger partial charge in [-0.1, -0.05) is 26.7 Å². The summed E-state index contributed by atoms with van der Waals surface area (Å²) in [6.07, 6.45) is 8.80. The van der Waals surface area contributed by atoms with Crippen molar-refractivity contribution in [2.24, 2.45) is 11.8 Å². The molecule has 4 nitrogen and oxygen atoms in total. The zero-order valence-electron chi connectivity index (χ0n) is 13.9. The number of carbonyl (C=O) groups is 1. The van der Waals surface area contributed by atoms with Crippen LogP contribution in [0.5, 0.6) is 0 Å². The molecule has 122 valence electrons. The number of nitrogens with one attached hydrogen (secondary N) is 1. The standard InChI is InChI=1S/C17H32N2O2/c1-13(2)15-17(20)19(11-7-4-8-12-21-3)16(18-15)14-9-5-6-10-14/h13-16,18H,4-12H2,1-3H3. The number of amides is 1. The Morgan fingerprint density at radius 3 is 2.57 bits per heavy atom. The Labute approximate surface area is 129 Å². The molecule has 1 heterocycles. The predicted molar refractivity (Wildman–Crippen MR) is 84.9 cm³/mol. The van der Waals surface area contributed by atoms with Gasteiger partial charge in [0.25, 0.3) is 0 Å². The van der Waals surface area contributed by atoms with Crippen molar-refractivity contribution in [1.29, 1.82) is 0 Å². The number of rotatable bonds is 8. The Morgan fingerprint density at radius 1 is 1.24 bits per heavy atom. The number of hydrogen-bond acceptors (Lipinski definition) is 3. The molecule has 2 unspecified atom stereocenters. The SMILES string of the molecule is COCCCCCN1C(=O)C(C(C)C)NC1C1CCCC1. The predicted octanol–water partition coefficient (Wildman–Crippen LogP) is 2.78. The van der Waals surface area contributed by atoms with Crippen molar-refractivity contribution in [3.8, 4) is 0 Å². The zero-order chi connectivity index (χ0) is 15.2. The van der Waals surface area contributed by atoms with Gasteiger partial charge in [0.1, 0.15) is 0 Å². The molecule has 2 aliphatic rings. The molecule has 0 radical (unpaired) electrons. The van der Waals surface area contributed by atoms with Crippen molar-refractivity contribution in [1.82, 2.24) is 10.2 Å². The minimum Gasteiger partial charge on any atom is -0.385 e. The van der Waals surface area contributed by atoms with E-state index < -0.39 is 0 Å². The van der Waals surface area contributed by atoms with E-state index in [0.29, 0.717) is 17.7 Å². The molecule has 1 amide bonds. The van der Waals surface area contributed by atoms with Gasteiger partial charge in [-0.3, -0.25) is 10.1 Å². The fourth-order valence-electron chi connectivity index (χ4n) is 3.76. The van der Waals surface area contributed by atoms with Gasteiger partial charge < -0.3 is 9.64 Å². The monoisotopic (exact) mass is 296 g/mol. The molecule has 0 aromatic carbocycles. The molecule has 1 N–H and O–H groups in total. The normalized spacial score (nSPS) is 27.2. The third-order valence-electron chi connectivity index (χ3n) is 5.00. The number of hydrogen-bond donors (Lipinski definition) is 1. The minimum absolute atomic E-state index is 0.0228. The van der Waals surface area contributed by atoms with Crippen LogP contribution in [0.2, 0.25) is 0 Å². The summed E-state index contributed by atoms with van der Waals surface area (Å²) in [6.45, 7) is 6.01. The minimum atomic E-state index is 0.0228. The molecular weight excluding hydrogens is 264 g/mol. The van der Waals surface area contributed by atoms with E-state index in [1.54, 1.807) is 7.11 Å². The Bertz CT molecular complexity index is 327. The quantitative estimate of drug-likeness (QED) is 0.700. The lowest BCUT2D eigenvalue weighted by atomic mass is 10.0. The summed E-state index contributed by atoms with van der Waals surface area (Å²) in [4.78, 5) is 14.8. The van der Waals surface area contributed by atoms with Gasteiger partial charge in [0.2, 0.25) is 5.91 Å². The average Bonchev–Trinajstić information content (AvgIpc) is 3.07. The molecule has 2 atom stereocenters. The zero-order valence-corrected chi connectivity index (χ0v) is 13.9. The summed E-state index contributed by atoms with van der Waals surface area (Å²) < 4.78 is 5.09. The molecule has 1 saturated carbocycles. The largest absolute Gasteiger partial charge is 0.385 e. The van der Waals surface area contributed by atoms with Gasteiger partial charge in [0, 0.05) is 20.3 Å². The van der Waals surface area contributed by atoms with Crippen LogP contribution in [0.3, 0.4) is 0 Å². The van der Waals surface area contributed by atoms with E-state index in [-0.39, 0.29) is 12.2 Å². The maximum atomic E-state index is 12.7. The molecule has 0 aromatic heterocycles. The van der Waals surface area contributed by atoms with Crippen molar-refractivity contribution >= 4 is 5.91 Å². The summed E-state index contributed by atoms with van der Waals surface area (Å²) >= 11 is 0. The highest BCUT2D eigenvalue weighted by molar-refractivity contribution is 5.84. The Kier molecular flexibility index (Phi) is 6.49. The van der Waals surface area contributed by atoms with E-state index in [4.69, 9.17) is 4.74 Å². The molecule has 0 aromatic rings. The summed E-state index contributed by atoms with van der Waals surface area (Å²) in [5.41, 5.74) is 0. The van der Waals surface area contributed by atoms with Gasteiger partial charge >= 0.3 is 0 Å². The van der Waals surface area contributed by atoms with E-state index in [2.05, 4.69) is 24.1 Å². The number of methoxy groups -OCH3 is 1. The van der Waals surface area contributed by atoms with E-state index in [1.165, 1.54) is 25.7 Å². The Morgan fingerprint density at radius 2 is 1.95 bits per heavy atom. The molecule has 4 heteroatoms. The summed E-state index contributed by atoms with van der Waals surface area (Å²) in [6, 6.07) is 0.0228. The molecule has 1 saturated heterocycles. The van der Waals surface area contributed by atoms with Crippen molar-refractivity contribution in [2.75, 3.05) is 20.3 Å². The third kappa shape index (κ3) is 4.19. The van der Waals surface area contributed by atoms with E-state index in [1.807, 2.05) is 0 Å². The molecule has 21 heavy (non-hydrogen) atoms. The van der Waals surface area contributed by atoms with Crippen LogP contribution in [-0.4, -0.2) is 43.3 Å². The first-order valence-corrected chi connectivity index (χ1v) is 8.70. The molecule has 1 aliphatic heterocycles. The highest BCUT2D eigenvalue weighted by Gasteiger charge is 2.43. The maximum absolute atomic E-state index is 12.7. The lowest BCUT2D eigenvalue weighted by molar-refractivity contribution is -0.131. The van der Waals surface area contributed by atoms with Crippen LogP contribution in [0.25, 0.3) is 0 Å². The van der Waals surface area contributed by atoms with Crippen LogP contribution in [-0.2, 0) is 9.53 Å². The van der Waals surface area contributed by atoms with Crippen LogP contribution >= 0.6 is 0 Å². The first-order chi connectivity index (χ1) is 10.1. The maximum Gasteiger partial charge on any atom is 0.241 e. The number of nitrogens with zero attached hydrogens (tertiary/aromatic N) is 1.